The molecular weight excluding hydrogens is 435 g/mol. The number of hydrogen-bond acceptors (Lipinski definition) is 4. The molecule has 0 saturated heterocycles. The summed E-state index contributed by atoms with van der Waals surface area (Å²) in [5.41, 5.74) is 2.23. The molecule has 4 aromatic rings. The molecule has 162 valence electrons. The number of nitrogens with zero attached hydrogens (tertiary/aromatic N) is 1. The molecule has 0 aliphatic heterocycles. The van der Waals surface area contributed by atoms with Crippen LogP contribution in [0, 0.1) is 0 Å². The molecule has 0 radical (unpaired) electrons. The van der Waals surface area contributed by atoms with E-state index in [4.69, 9.17) is 0 Å². The van der Waals surface area contributed by atoms with E-state index in [2.05, 4.69) is 15.6 Å². The second-order valence-electron chi connectivity index (χ2n) is 6.93. The van der Waals surface area contributed by atoms with Crippen LogP contribution in [0.25, 0.3) is 11.1 Å². The fourth-order valence-electron chi connectivity index (χ4n) is 3.16. The fourth-order valence-corrected chi connectivity index (χ4v) is 3.72. The summed E-state index contributed by atoms with van der Waals surface area (Å²) < 4.78 is 38.5. The minimum absolute atomic E-state index is 0.344. The summed E-state index contributed by atoms with van der Waals surface area (Å²) in [6.07, 6.45) is -2.65. The molecule has 32 heavy (non-hydrogen) atoms. The van der Waals surface area contributed by atoms with Gasteiger partial charge < -0.3 is 10.6 Å². The molecule has 4 nitrogen and oxygen atoms in total. The van der Waals surface area contributed by atoms with Gasteiger partial charge in [0.05, 0.1) is 12.1 Å². The van der Waals surface area contributed by atoms with Gasteiger partial charge >= 0.3 is 6.18 Å². The molecule has 2 N–H and O–H groups in total. The third-order valence-electron chi connectivity index (χ3n) is 4.76. The molecule has 4 rings (SSSR count). The van der Waals surface area contributed by atoms with Gasteiger partial charge in [0, 0.05) is 28.5 Å². The lowest BCUT2D eigenvalue weighted by molar-refractivity contribution is -0.137. The molecule has 0 saturated carbocycles. The quantitative estimate of drug-likeness (QED) is 0.342. The van der Waals surface area contributed by atoms with Crippen molar-refractivity contribution in [3.8, 4) is 11.1 Å². The van der Waals surface area contributed by atoms with Crippen LogP contribution < -0.4 is 10.6 Å². The highest BCUT2D eigenvalue weighted by Crippen LogP contribution is 2.32. The number of anilines is 2. The van der Waals surface area contributed by atoms with Gasteiger partial charge in [-0.3, -0.25) is 4.79 Å². The highest BCUT2D eigenvalue weighted by molar-refractivity contribution is 7.09. The number of nitrogens with one attached hydrogen (secondary N) is 2. The van der Waals surface area contributed by atoms with Gasteiger partial charge in [-0.2, -0.15) is 13.2 Å². The van der Waals surface area contributed by atoms with Crippen molar-refractivity contribution in [3.63, 3.8) is 0 Å². The predicted molar refractivity (Wildman–Crippen MR) is 121 cm³/mol. The summed E-state index contributed by atoms with van der Waals surface area (Å²) in [5, 5.41) is 8.99. The maximum absolute atomic E-state index is 12.9. The molecule has 0 bridgehead atoms. The first-order valence-electron chi connectivity index (χ1n) is 9.70. The van der Waals surface area contributed by atoms with Crippen molar-refractivity contribution in [3.05, 3.63) is 101 Å². The smallest absolute Gasteiger partial charge is 0.379 e. The topological polar surface area (TPSA) is 54.0 Å². The summed E-state index contributed by atoms with van der Waals surface area (Å²) in [6.45, 7) is 0.615. The molecule has 1 heterocycles. The van der Waals surface area contributed by atoms with Crippen LogP contribution >= 0.6 is 11.3 Å². The highest BCUT2D eigenvalue weighted by atomic mass is 32.1. The number of benzene rings is 3. The van der Waals surface area contributed by atoms with Crippen molar-refractivity contribution in [2.45, 2.75) is 12.7 Å². The molecule has 0 aliphatic rings. The normalized spacial score (nSPS) is 11.2. The molecule has 0 spiro atoms. The largest absolute Gasteiger partial charge is 0.416 e. The number of amides is 1. The lowest BCUT2D eigenvalue weighted by atomic mass is 9.98. The monoisotopic (exact) mass is 453 g/mol. The average Bonchev–Trinajstić information content (AvgIpc) is 3.32. The number of carbonyl (C=O) groups excluding carboxylic acids is 1. The lowest BCUT2D eigenvalue weighted by Crippen LogP contribution is -2.13. The van der Waals surface area contributed by atoms with Gasteiger partial charge in [-0.25, -0.2) is 4.98 Å². The third kappa shape index (κ3) is 5.15. The van der Waals surface area contributed by atoms with Crippen molar-refractivity contribution in [1.29, 1.82) is 0 Å². The van der Waals surface area contributed by atoms with Crippen molar-refractivity contribution in [2.75, 3.05) is 10.6 Å². The molecule has 1 amide bonds. The van der Waals surface area contributed by atoms with Gasteiger partial charge in [-0.1, -0.05) is 30.3 Å². The molecule has 0 fully saturated rings. The minimum atomic E-state index is -4.41. The van der Waals surface area contributed by atoms with Crippen LogP contribution in [-0.2, 0) is 12.7 Å². The van der Waals surface area contributed by atoms with E-state index < -0.39 is 11.7 Å². The van der Waals surface area contributed by atoms with Gasteiger partial charge in [0.1, 0.15) is 5.01 Å². The standard InChI is InChI=1S/C24H18F3N3OS/c25-24(26,27)17-7-5-16(6-8-17)20-3-1-2-4-21(20)23(31)30-19-11-9-18(10-12-19)29-15-22-28-13-14-32-22/h1-14,29H,15H2,(H,30,31). The Hall–Kier alpha value is -3.65. The first-order chi connectivity index (χ1) is 15.4. The summed E-state index contributed by atoms with van der Waals surface area (Å²) in [6, 6.07) is 18.9. The molecule has 0 unspecified atom stereocenters. The summed E-state index contributed by atoms with van der Waals surface area (Å²) >= 11 is 1.57. The molecule has 8 heteroatoms. The Kier molecular flexibility index (Phi) is 6.23. The van der Waals surface area contributed by atoms with E-state index in [0.717, 1.165) is 22.8 Å². The Morgan fingerprint density at radius 2 is 1.59 bits per heavy atom. The number of rotatable bonds is 6. The Morgan fingerprint density at radius 1 is 0.906 bits per heavy atom. The number of carbonyl (C=O) groups is 1. The Balaban J connectivity index is 1.47. The second kappa shape index (κ2) is 9.23. The average molecular weight is 453 g/mol. The zero-order chi connectivity index (χ0) is 22.6. The second-order valence-corrected chi connectivity index (χ2v) is 7.91. The minimum Gasteiger partial charge on any atom is -0.379 e. The highest BCUT2D eigenvalue weighted by Gasteiger charge is 2.30. The third-order valence-corrected chi connectivity index (χ3v) is 5.54. The van der Waals surface area contributed by atoms with E-state index >= 15 is 0 Å². The number of aromatic nitrogens is 1. The maximum Gasteiger partial charge on any atom is 0.416 e. The number of halogens is 3. The van der Waals surface area contributed by atoms with Crippen LogP contribution in [0.3, 0.4) is 0 Å². The molecule has 0 atom stereocenters. The van der Waals surface area contributed by atoms with Gasteiger partial charge in [-0.05, 0) is 53.6 Å². The van der Waals surface area contributed by atoms with Crippen molar-refractivity contribution < 1.29 is 18.0 Å². The molecule has 0 aliphatic carbocycles. The van der Waals surface area contributed by atoms with E-state index in [0.29, 0.717) is 28.9 Å². The zero-order valence-electron chi connectivity index (χ0n) is 16.7. The Morgan fingerprint density at radius 3 is 2.25 bits per heavy atom. The van der Waals surface area contributed by atoms with E-state index in [9.17, 15) is 18.0 Å². The van der Waals surface area contributed by atoms with E-state index in [1.807, 2.05) is 17.5 Å². The van der Waals surface area contributed by atoms with Crippen LogP contribution in [0.4, 0.5) is 24.5 Å². The van der Waals surface area contributed by atoms with Gasteiger partial charge in [-0.15, -0.1) is 11.3 Å². The van der Waals surface area contributed by atoms with Crippen molar-refractivity contribution in [1.82, 2.24) is 4.98 Å². The van der Waals surface area contributed by atoms with Gasteiger partial charge in [0.25, 0.3) is 5.91 Å². The van der Waals surface area contributed by atoms with Crippen LogP contribution in [0.15, 0.2) is 84.4 Å². The first kappa shape index (κ1) is 21.6. The number of alkyl halides is 3. The van der Waals surface area contributed by atoms with Crippen molar-refractivity contribution >= 4 is 28.6 Å². The fraction of sp³-hybridized carbons (Fsp3) is 0.0833. The van der Waals surface area contributed by atoms with E-state index in [-0.39, 0.29) is 5.91 Å². The van der Waals surface area contributed by atoms with Crippen LogP contribution in [-0.4, -0.2) is 10.9 Å². The zero-order valence-corrected chi connectivity index (χ0v) is 17.5. The van der Waals surface area contributed by atoms with Crippen LogP contribution in [0.1, 0.15) is 20.9 Å². The van der Waals surface area contributed by atoms with Gasteiger partial charge in [0.2, 0.25) is 0 Å². The maximum atomic E-state index is 12.9. The Bertz CT molecular complexity index is 1190. The lowest BCUT2D eigenvalue weighted by Gasteiger charge is -2.12. The molecule has 3 aromatic carbocycles. The van der Waals surface area contributed by atoms with Crippen LogP contribution in [0.5, 0.6) is 0 Å². The summed E-state index contributed by atoms with van der Waals surface area (Å²) in [5.74, 6) is -0.344. The Labute approximate surface area is 186 Å². The first-order valence-corrected chi connectivity index (χ1v) is 10.6. The number of thiazole rings is 1. The SMILES string of the molecule is O=C(Nc1ccc(NCc2nccs2)cc1)c1ccccc1-c1ccc(C(F)(F)F)cc1. The van der Waals surface area contributed by atoms with Crippen molar-refractivity contribution in [2.24, 2.45) is 0 Å². The summed E-state index contributed by atoms with van der Waals surface area (Å²) in [7, 11) is 0. The van der Waals surface area contributed by atoms with E-state index in [1.54, 1.807) is 53.9 Å². The molecular formula is C24H18F3N3OS. The summed E-state index contributed by atoms with van der Waals surface area (Å²) in [4.78, 5) is 17.1. The number of hydrogen-bond donors (Lipinski definition) is 2. The molecule has 1 aromatic heterocycles. The predicted octanol–water partition coefficient (Wildman–Crippen LogP) is 6.69. The van der Waals surface area contributed by atoms with Gasteiger partial charge in [0.15, 0.2) is 0 Å². The van der Waals surface area contributed by atoms with Crippen LogP contribution in [0.2, 0.25) is 0 Å². The van der Waals surface area contributed by atoms with E-state index in [1.165, 1.54) is 12.1 Å².